The zero-order chi connectivity index (χ0) is 21.9. The van der Waals surface area contributed by atoms with Crippen LogP contribution in [-0.4, -0.2) is 34.1 Å². The molecule has 1 amide bonds. The number of amides is 1. The third-order valence-corrected chi connectivity index (χ3v) is 5.56. The molecule has 1 aliphatic heterocycles. The number of rotatable bonds is 5. The van der Waals surface area contributed by atoms with E-state index in [0.29, 0.717) is 48.4 Å². The lowest BCUT2D eigenvalue weighted by Crippen LogP contribution is -2.22. The van der Waals surface area contributed by atoms with Gasteiger partial charge in [-0.3, -0.25) is 4.79 Å². The minimum absolute atomic E-state index is 0.161. The first kappa shape index (κ1) is 20.3. The van der Waals surface area contributed by atoms with Crippen LogP contribution in [0, 0.1) is 0 Å². The number of halogens is 1. The number of fused-ring (bicyclic) bond motifs is 2. The van der Waals surface area contributed by atoms with Gasteiger partial charge in [-0.25, -0.2) is 4.68 Å². The summed E-state index contributed by atoms with van der Waals surface area (Å²) >= 11 is 6.33. The molecule has 0 bridgehead atoms. The quantitative estimate of drug-likeness (QED) is 0.494. The fraction of sp³-hybridized carbons (Fsp3) is 0.208. The number of nitrogens with zero attached hydrogens (tertiary/aromatic N) is 3. The van der Waals surface area contributed by atoms with E-state index in [0.717, 1.165) is 28.6 Å². The topological polar surface area (TPSA) is 78.3 Å². The standard InChI is InChI=1S/C24H21ClN4O3/c25-19-12-17(13-22-23(19)32-11-3-10-31-22)14-26-24(30)18-8-6-16(7-9-18)15-29-21-5-2-1-4-20(21)27-28-29/h1-2,4-9,12-13H,3,10-11,14-15H2,(H,26,30). The van der Waals surface area contributed by atoms with Crippen molar-refractivity contribution in [3.8, 4) is 11.5 Å². The van der Waals surface area contributed by atoms with Crippen LogP contribution in [0.3, 0.4) is 0 Å². The Balaban J connectivity index is 1.23. The van der Waals surface area contributed by atoms with Crippen molar-refractivity contribution < 1.29 is 14.3 Å². The summed E-state index contributed by atoms with van der Waals surface area (Å²) in [4.78, 5) is 12.6. The third kappa shape index (κ3) is 4.24. The fourth-order valence-corrected chi connectivity index (χ4v) is 3.93. The predicted molar refractivity (Wildman–Crippen MR) is 121 cm³/mol. The van der Waals surface area contributed by atoms with Gasteiger partial charge in [0, 0.05) is 18.5 Å². The summed E-state index contributed by atoms with van der Waals surface area (Å²) in [6, 6.07) is 19.0. The van der Waals surface area contributed by atoms with Gasteiger partial charge in [0.1, 0.15) is 5.52 Å². The van der Waals surface area contributed by atoms with E-state index >= 15 is 0 Å². The minimum atomic E-state index is -0.161. The maximum atomic E-state index is 12.6. The van der Waals surface area contributed by atoms with Gasteiger partial charge in [0.2, 0.25) is 0 Å². The van der Waals surface area contributed by atoms with Crippen molar-refractivity contribution in [2.24, 2.45) is 0 Å². The summed E-state index contributed by atoms with van der Waals surface area (Å²) in [5, 5.41) is 11.8. The number of nitrogens with one attached hydrogen (secondary N) is 1. The summed E-state index contributed by atoms with van der Waals surface area (Å²) in [6.07, 6.45) is 0.806. The molecule has 2 heterocycles. The van der Waals surface area contributed by atoms with Crippen LogP contribution in [0.5, 0.6) is 11.5 Å². The van der Waals surface area contributed by atoms with E-state index < -0.39 is 0 Å². The summed E-state index contributed by atoms with van der Waals surface area (Å²) in [7, 11) is 0. The predicted octanol–water partition coefficient (Wildman–Crippen LogP) is 4.22. The highest BCUT2D eigenvalue weighted by molar-refractivity contribution is 6.32. The van der Waals surface area contributed by atoms with E-state index in [1.165, 1.54) is 0 Å². The Morgan fingerprint density at radius 1 is 1.03 bits per heavy atom. The van der Waals surface area contributed by atoms with E-state index in [1.54, 1.807) is 6.07 Å². The van der Waals surface area contributed by atoms with Gasteiger partial charge in [0.15, 0.2) is 11.5 Å². The number of hydrogen-bond donors (Lipinski definition) is 1. The highest BCUT2D eigenvalue weighted by Gasteiger charge is 2.16. The highest BCUT2D eigenvalue weighted by Crippen LogP contribution is 2.38. The molecule has 1 N–H and O–H groups in total. The van der Waals surface area contributed by atoms with Crippen LogP contribution >= 0.6 is 11.6 Å². The molecule has 4 aromatic rings. The Hall–Kier alpha value is -3.58. The number of aromatic nitrogens is 3. The van der Waals surface area contributed by atoms with Gasteiger partial charge in [-0.1, -0.05) is 41.1 Å². The Kier molecular flexibility index (Phi) is 5.64. The lowest BCUT2D eigenvalue weighted by Gasteiger charge is -2.12. The van der Waals surface area contributed by atoms with Gasteiger partial charge in [-0.15, -0.1) is 5.10 Å². The normalized spacial score (nSPS) is 13.0. The average molecular weight is 449 g/mol. The fourth-order valence-electron chi connectivity index (χ4n) is 3.64. The Morgan fingerprint density at radius 3 is 2.72 bits per heavy atom. The molecule has 3 aromatic carbocycles. The molecule has 32 heavy (non-hydrogen) atoms. The van der Waals surface area contributed by atoms with Crippen LogP contribution < -0.4 is 14.8 Å². The van der Waals surface area contributed by atoms with Crippen molar-refractivity contribution in [3.05, 3.63) is 82.4 Å². The summed E-state index contributed by atoms with van der Waals surface area (Å²) in [5.41, 5.74) is 4.30. The minimum Gasteiger partial charge on any atom is -0.489 e. The van der Waals surface area contributed by atoms with Gasteiger partial charge >= 0.3 is 0 Å². The van der Waals surface area contributed by atoms with Crippen LogP contribution in [0.25, 0.3) is 11.0 Å². The van der Waals surface area contributed by atoms with Crippen molar-refractivity contribution in [2.75, 3.05) is 13.2 Å². The molecule has 1 aromatic heterocycles. The largest absolute Gasteiger partial charge is 0.489 e. The molecule has 5 rings (SSSR count). The number of ether oxygens (including phenoxy) is 2. The number of benzene rings is 3. The molecule has 162 valence electrons. The lowest BCUT2D eigenvalue weighted by atomic mass is 10.1. The van der Waals surface area contributed by atoms with Gasteiger partial charge in [0.25, 0.3) is 5.91 Å². The number of para-hydroxylation sites is 1. The van der Waals surface area contributed by atoms with Gasteiger partial charge < -0.3 is 14.8 Å². The Bertz CT molecular complexity index is 1270. The Labute approximate surface area is 189 Å². The highest BCUT2D eigenvalue weighted by atomic mass is 35.5. The van der Waals surface area contributed by atoms with Crippen LogP contribution in [0.4, 0.5) is 0 Å². The van der Waals surface area contributed by atoms with Gasteiger partial charge in [0.05, 0.1) is 30.3 Å². The molecular weight excluding hydrogens is 428 g/mol. The number of carbonyl (C=O) groups excluding carboxylic acids is 1. The van der Waals surface area contributed by atoms with Crippen molar-refractivity contribution in [1.82, 2.24) is 20.3 Å². The molecule has 0 fully saturated rings. The monoisotopic (exact) mass is 448 g/mol. The van der Waals surface area contributed by atoms with E-state index in [9.17, 15) is 4.79 Å². The number of carbonyl (C=O) groups is 1. The van der Waals surface area contributed by atoms with Crippen molar-refractivity contribution in [2.45, 2.75) is 19.5 Å². The van der Waals surface area contributed by atoms with E-state index in [1.807, 2.05) is 59.3 Å². The summed E-state index contributed by atoms with van der Waals surface area (Å²) < 4.78 is 13.2. The Morgan fingerprint density at radius 2 is 1.84 bits per heavy atom. The third-order valence-electron chi connectivity index (χ3n) is 5.28. The van der Waals surface area contributed by atoms with Crippen molar-refractivity contribution >= 4 is 28.5 Å². The van der Waals surface area contributed by atoms with Gasteiger partial charge in [-0.2, -0.15) is 0 Å². The molecular formula is C24H21ClN4O3. The molecule has 0 radical (unpaired) electrons. The van der Waals surface area contributed by atoms with E-state index in [2.05, 4.69) is 15.6 Å². The SMILES string of the molecule is O=C(NCc1cc(Cl)c2c(c1)OCCCO2)c1ccc(Cn2nnc3ccccc32)cc1. The molecule has 0 atom stereocenters. The van der Waals surface area contributed by atoms with E-state index in [-0.39, 0.29) is 5.91 Å². The number of hydrogen-bond acceptors (Lipinski definition) is 5. The summed E-state index contributed by atoms with van der Waals surface area (Å²) in [6.45, 7) is 2.07. The van der Waals surface area contributed by atoms with Crippen LogP contribution in [0.2, 0.25) is 5.02 Å². The molecule has 0 unspecified atom stereocenters. The smallest absolute Gasteiger partial charge is 0.251 e. The molecule has 0 saturated heterocycles. The average Bonchev–Trinajstić information content (AvgIpc) is 3.05. The second-order valence-corrected chi connectivity index (χ2v) is 7.98. The molecule has 0 spiro atoms. The first-order chi connectivity index (χ1) is 15.7. The van der Waals surface area contributed by atoms with Crippen molar-refractivity contribution in [1.29, 1.82) is 0 Å². The van der Waals surface area contributed by atoms with Crippen LogP contribution in [-0.2, 0) is 13.1 Å². The molecule has 7 nitrogen and oxygen atoms in total. The van der Waals surface area contributed by atoms with Crippen LogP contribution in [0.15, 0.2) is 60.7 Å². The summed E-state index contributed by atoms with van der Waals surface area (Å²) in [5.74, 6) is 1.02. The second-order valence-electron chi connectivity index (χ2n) is 7.57. The first-order valence-electron chi connectivity index (χ1n) is 10.4. The lowest BCUT2D eigenvalue weighted by molar-refractivity contribution is 0.0951. The molecule has 0 aliphatic carbocycles. The second kappa shape index (κ2) is 8.88. The first-order valence-corrected chi connectivity index (χ1v) is 10.8. The van der Waals surface area contributed by atoms with E-state index in [4.69, 9.17) is 21.1 Å². The molecule has 1 aliphatic rings. The molecule has 8 heteroatoms. The molecule has 0 saturated carbocycles. The zero-order valence-electron chi connectivity index (χ0n) is 17.3. The van der Waals surface area contributed by atoms with Crippen LogP contribution in [0.1, 0.15) is 27.9 Å². The zero-order valence-corrected chi connectivity index (χ0v) is 18.0. The van der Waals surface area contributed by atoms with Crippen molar-refractivity contribution in [3.63, 3.8) is 0 Å². The van der Waals surface area contributed by atoms with Gasteiger partial charge in [-0.05, 0) is 47.5 Å². The maximum Gasteiger partial charge on any atom is 0.251 e. The maximum absolute atomic E-state index is 12.6.